The van der Waals surface area contributed by atoms with Crippen LogP contribution >= 0.6 is 12.2 Å². The van der Waals surface area contributed by atoms with E-state index < -0.39 is 0 Å². The summed E-state index contributed by atoms with van der Waals surface area (Å²) in [7, 11) is 0. The number of hydrogen-bond acceptors (Lipinski definition) is 3. The Morgan fingerprint density at radius 2 is 1.91 bits per heavy atom. The van der Waals surface area contributed by atoms with Gasteiger partial charge in [0.15, 0.2) is 5.11 Å². The summed E-state index contributed by atoms with van der Waals surface area (Å²) in [5, 5.41) is 4.22. The minimum Gasteiger partial charge on any atom is -0.382 e. The molecule has 1 aromatic carbocycles. The summed E-state index contributed by atoms with van der Waals surface area (Å²) in [6.07, 6.45) is 1.00. The Morgan fingerprint density at radius 1 is 1.18 bits per heavy atom. The molecular weight excluding hydrogens is 294 g/mol. The number of nitrogens with zero attached hydrogens (tertiary/aromatic N) is 2. The fourth-order valence-electron chi connectivity index (χ4n) is 2.58. The highest BCUT2D eigenvalue weighted by Crippen LogP contribution is 2.08. The summed E-state index contributed by atoms with van der Waals surface area (Å²) in [5.41, 5.74) is 1.38. The van der Waals surface area contributed by atoms with Gasteiger partial charge in [0.25, 0.3) is 0 Å². The van der Waals surface area contributed by atoms with Crippen LogP contribution < -0.4 is 5.32 Å². The Bertz CT molecular complexity index is 433. The fourth-order valence-corrected chi connectivity index (χ4v) is 2.86. The van der Waals surface area contributed by atoms with Crippen LogP contribution in [0, 0.1) is 0 Å². The second kappa shape index (κ2) is 9.77. The Hall–Kier alpha value is -1.17. The molecule has 0 bridgehead atoms. The van der Waals surface area contributed by atoms with E-state index in [1.54, 1.807) is 0 Å². The SMILES string of the molecule is CCOCCCNC(=S)N1CCN(Cc2ccccc2)CC1. The molecule has 0 saturated carbocycles. The number of nitrogens with one attached hydrogen (secondary N) is 1. The van der Waals surface area contributed by atoms with Crippen LogP contribution in [-0.2, 0) is 11.3 Å². The molecule has 0 amide bonds. The van der Waals surface area contributed by atoms with Gasteiger partial charge in [0.05, 0.1) is 0 Å². The highest BCUT2D eigenvalue weighted by molar-refractivity contribution is 7.80. The van der Waals surface area contributed by atoms with E-state index >= 15 is 0 Å². The molecule has 1 aliphatic heterocycles. The predicted octanol–water partition coefficient (Wildman–Crippen LogP) is 2.11. The van der Waals surface area contributed by atoms with Crippen molar-refractivity contribution in [1.82, 2.24) is 15.1 Å². The number of ether oxygens (including phenoxy) is 1. The van der Waals surface area contributed by atoms with E-state index in [4.69, 9.17) is 17.0 Å². The molecule has 1 N–H and O–H groups in total. The van der Waals surface area contributed by atoms with Gasteiger partial charge in [-0.1, -0.05) is 30.3 Å². The standard InChI is InChI=1S/C17H27N3OS/c1-2-21-14-6-9-18-17(22)20-12-10-19(11-13-20)15-16-7-4-3-5-8-16/h3-5,7-8H,2,6,9-15H2,1H3,(H,18,22). The van der Waals surface area contributed by atoms with Gasteiger partial charge in [0.1, 0.15) is 0 Å². The van der Waals surface area contributed by atoms with Gasteiger partial charge in [0.2, 0.25) is 0 Å². The molecular formula is C17H27N3OS. The van der Waals surface area contributed by atoms with Gasteiger partial charge in [-0.3, -0.25) is 4.90 Å². The third kappa shape index (κ3) is 5.91. The van der Waals surface area contributed by atoms with E-state index in [2.05, 4.69) is 45.4 Å². The summed E-state index contributed by atoms with van der Waals surface area (Å²) >= 11 is 5.48. The van der Waals surface area contributed by atoms with Gasteiger partial charge >= 0.3 is 0 Å². The first-order chi connectivity index (χ1) is 10.8. The van der Waals surface area contributed by atoms with Crippen molar-refractivity contribution < 1.29 is 4.74 Å². The maximum Gasteiger partial charge on any atom is 0.169 e. The van der Waals surface area contributed by atoms with Gasteiger partial charge < -0.3 is 15.0 Å². The molecule has 4 nitrogen and oxygen atoms in total. The van der Waals surface area contributed by atoms with Crippen molar-refractivity contribution >= 4 is 17.3 Å². The molecule has 1 heterocycles. The monoisotopic (exact) mass is 321 g/mol. The Kier molecular flexibility index (Phi) is 7.63. The number of benzene rings is 1. The fraction of sp³-hybridized carbons (Fsp3) is 0.588. The average molecular weight is 321 g/mol. The number of piperazine rings is 1. The molecule has 0 aromatic heterocycles. The van der Waals surface area contributed by atoms with Crippen molar-refractivity contribution in [2.75, 3.05) is 45.9 Å². The lowest BCUT2D eigenvalue weighted by Crippen LogP contribution is -2.51. The zero-order valence-electron chi connectivity index (χ0n) is 13.5. The van der Waals surface area contributed by atoms with Crippen molar-refractivity contribution in [3.8, 4) is 0 Å². The number of thiocarbonyl (C=S) groups is 1. The van der Waals surface area contributed by atoms with Crippen LogP contribution in [0.1, 0.15) is 18.9 Å². The molecule has 0 spiro atoms. The van der Waals surface area contributed by atoms with Crippen LogP contribution in [0.2, 0.25) is 0 Å². The molecule has 0 aliphatic carbocycles. The summed E-state index contributed by atoms with van der Waals surface area (Å²) in [4.78, 5) is 4.76. The molecule has 1 fully saturated rings. The first kappa shape index (κ1) is 17.2. The summed E-state index contributed by atoms with van der Waals surface area (Å²) in [6.45, 7) is 9.67. The third-order valence-corrected chi connectivity index (χ3v) is 4.26. The van der Waals surface area contributed by atoms with Crippen LogP contribution in [0.5, 0.6) is 0 Å². The van der Waals surface area contributed by atoms with Crippen LogP contribution in [-0.4, -0.2) is 60.8 Å². The van der Waals surface area contributed by atoms with Gasteiger partial charge in [-0.2, -0.15) is 0 Å². The van der Waals surface area contributed by atoms with Crippen molar-refractivity contribution in [3.63, 3.8) is 0 Å². The largest absolute Gasteiger partial charge is 0.382 e. The number of hydrogen-bond donors (Lipinski definition) is 1. The normalized spacial score (nSPS) is 15.8. The van der Waals surface area contributed by atoms with Gasteiger partial charge in [-0.05, 0) is 31.1 Å². The third-order valence-electron chi connectivity index (χ3n) is 3.85. The molecule has 1 saturated heterocycles. The van der Waals surface area contributed by atoms with Gasteiger partial charge in [0, 0.05) is 52.5 Å². The van der Waals surface area contributed by atoms with Crippen LogP contribution in [0.3, 0.4) is 0 Å². The van der Waals surface area contributed by atoms with E-state index in [0.29, 0.717) is 0 Å². The number of rotatable bonds is 7. The zero-order chi connectivity index (χ0) is 15.6. The molecule has 0 atom stereocenters. The maximum absolute atomic E-state index is 5.48. The molecule has 22 heavy (non-hydrogen) atoms. The highest BCUT2D eigenvalue weighted by atomic mass is 32.1. The van der Waals surface area contributed by atoms with E-state index in [9.17, 15) is 0 Å². The summed E-state index contributed by atoms with van der Waals surface area (Å²) in [6, 6.07) is 10.7. The maximum atomic E-state index is 5.48. The van der Waals surface area contributed by atoms with Gasteiger partial charge in [-0.15, -0.1) is 0 Å². The topological polar surface area (TPSA) is 27.7 Å². The van der Waals surface area contributed by atoms with Crippen LogP contribution in [0.25, 0.3) is 0 Å². The van der Waals surface area contributed by atoms with Crippen LogP contribution in [0.4, 0.5) is 0 Å². The Morgan fingerprint density at radius 3 is 2.59 bits per heavy atom. The molecule has 1 aromatic rings. The molecule has 2 rings (SSSR count). The lowest BCUT2D eigenvalue weighted by atomic mass is 10.2. The predicted molar refractivity (Wildman–Crippen MR) is 95.0 cm³/mol. The minimum absolute atomic E-state index is 0.786. The van der Waals surface area contributed by atoms with Crippen molar-refractivity contribution in [3.05, 3.63) is 35.9 Å². The first-order valence-electron chi connectivity index (χ1n) is 8.16. The van der Waals surface area contributed by atoms with E-state index in [-0.39, 0.29) is 0 Å². The van der Waals surface area contributed by atoms with Crippen LogP contribution in [0.15, 0.2) is 30.3 Å². The van der Waals surface area contributed by atoms with E-state index in [1.165, 1.54) is 5.56 Å². The van der Waals surface area contributed by atoms with Crippen molar-refractivity contribution in [2.45, 2.75) is 19.9 Å². The second-order valence-electron chi connectivity index (χ2n) is 5.53. The van der Waals surface area contributed by atoms with Crippen molar-refractivity contribution in [1.29, 1.82) is 0 Å². The van der Waals surface area contributed by atoms with Crippen molar-refractivity contribution in [2.24, 2.45) is 0 Å². The molecule has 0 unspecified atom stereocenters. The Labute approximate surface area is 139 Å². The average Bonchev–Trinajstić information content (AvgIpc) is 2.56. The molecule has 122 valence electrons. The van der Waals surface area contributed by atoms with Gasteiger partial charge in [-0.25, -0.2) is 0 Å². The Balaban J connectivity index is 1.63. The highest BCUT2D eigenvalue weighted by Gasteiger charge is 2.18. The molecule has 1 aliphatic rings. The first-order valence-corrected chi connectivity index (χ1v) is 8.57. The lowest BCUT2D eigenvalue weighted by Gasteiger charge is -2.36. The van der Waals surface area contributed by atoms with E-state index in [0.717, 1.165) is 64.0 Å². The zero-order valence-corrected chi connectivity index (χ0v) is 14.3. The summed E-state index contributed by atoms with van der Waals surface area (Å²) in [5.74, 6) is 0. The molecule has 0 radical (unpaired) electrons. The quantitative estimate of drug-likeness (QED) is 0.613. The lowest BCUT2D eigenvalue weighted by molar-refractivity contribution is 0.145. The molecule has 5 heteroatoms. The smallest absolute Gasteiger partial charge is 0.169 e. The minimum atomic E-state index is 0.786. The second-order valence-corrected chi connectivity index (χ2v) is 5.92. The van der Waals surface area contributed by atoms with E-state index in [1.807, 2.05) is 6.92 Å². The summed E-state index contributed by atoms with van der Waals surface area (Å²) < 4.78 is 5.33.